The fraction of sp³-hybridized carbons (Fsp3) is 0.522. The minimum absolute atomic E-state index is 0.187. The first-order valence-electron chi connectivity index (χ1n) is 11.6. The van der Waals surface area contributed by atoms with E-state index in [2.05, 4.69) is 45.7 Å². The van der Waals surface area contributed by atoms with Crippen molar-refractivity contribution in [3.8, 4) is 5.75 Å². The molecule has 6 N–H and O–H groups in total. The van der Waals surface area contributed by atoms with Crippen molar-refractivity contribution >= 4 is 22.8 Å². The van der Waals surface area contributed by atoms with Gasteiger partial charge in [0, 0.05) is 31.4 Å². The molecule has 178 valence electrons. The molecule has 4 rings (SSSR count). The molecule has 1 atom stereocenters. The summed E-state index contributed by atoms with van der Waals surface area (Å²) in [6.07, 6.45) is 5.53. The molecular formula is C23H34N8O2. The Bertz CT molecular complexity index is 1060. The highest BCUT2D eigenvalue weighted by Crippen LogP contribution is 2.24. The summed E-state index contributed by atoms with van der Waals surface area (Å²) in [6.45, 7) is 5.08. The number of nitrogens with one attached hydrogen (secondary N) is 2. The van der Waals surface area contributed by atoms with Crippen LogP contribution < -0.4 is 26.8 Å². The van der Waals surface area contributed by atoms with Gasteiger partial charge in [-0.25, -0.2) is 4.98 Å². The van der Waals surface area contributed by atoms with Crippen LogP contribution in [0.3, 0.4) is 0 Å². The Morgan fingerprint density at radius 3 is 2.85 bits per heavy atom. The van der Waals surface area contributed by atoms with Gasteiger partial charge in [0.25, 0.3) is 0 Å². The van der Waals surface area contributed by atoms with Crippen LogP contribution in [0.25, 0.3) is 11.0 Å². The van der Waals surface area contributed by atoms with Gasteiger partial charge in [-0.1, -0.05) is 25.5 Å². The van der Waals surface area contributed by atoms with Gasteiger partial charge in [0.15, 0.2) is 11.3 Å². The van der Waals surface area contributed by atoms with E-state index in [0.29, 0.717) is 29.4 Å². The molecule has 3 heterocycles. The molecule has 0 spiro atoms. The number of anilines is 2. The number of nitrogens with two attached hydrogens (primary N) is 2. The van der Waals surface area contributed by atoms with Crippen LogP contribution in [0.15, 0.2) is 24.4 Å². The molecule has 1 fully saturated rings. The number of nitrogens with zero attached hydrogens (tertiary/aromatic N) is 4. The van der Waals surface area contributed by atoms with Crippen LogP contribution in [0.1, 0.15) is 43.7 Å². The summed E-state index contributed by atoms with van der Waals surface area (Å²) in [5, 5.41) is 11.5. The molecule has 1 unspecified atom stereocenters. The molecule has 1 aromatic carbocycles. The number of ether oxygens (including phenoxy) is 2. The van der Waals surface area contributed by atoms with E-state index in [-0.39, 0.29) is 12.1 Å². The van der Waals surface area contributed by atoms with E-state index in [1.165, 1.54) is 5.56 Å². The Balaban J connectivity index is 1.49. The highest BCUT2D eigenvalue weighted by Gasteiger charge is 2.16. The van der Waals surface area contributed by atoms with Crippen molar-refractivity contribution in [2.75, 3.05) is 31.4 Å². The highest BCUT2D eigenvalue weighted by atomic mass is 16.5. The van der Waals surface area contributed by atoms with Crippen molar-refractivity contribution in [2.45, 2.75) is 57.9 Å². The SMILES string of the molecule is CCCC(N)Nc1nc(N)nc2cn(Cc3ccc(CNC4CCOCC4)cc3OC)nc12. The lowest BCUT2D eigenvalue weighted by atomic mass is 10.1. The van der Waals surface area contributed by atoms with Crippen molar-refractivity contribution < 1.29 is 9.47 Å². The highest BCUT2D eigenvalue weighted by molar-refractivity contribution is 5.85. The molecule has 2 aromatic heterocycles. The third-order valence-corrected chi connectivity index (χ3v) is 5.85. The van der Waals surface area contributed by atoms with Gasteiger partial charge < -0.3 is 31.6 Å². The molecule has 1 saturated heterocycles. The number of methoxy groups -OCH3 is 1. The van der Waals surface area contributed by atoms with Gasteiger partial charge in [0.2, 0.25) is 5.95 Å². The van der Waals surface area contributed by atoms with Crippen LogP contribution in [0.2, 0.25) is 0 Å². The second-order valence-electron chi connectivity index (χ2n) is 8.44. The van der Waals surface area contributed by atoms with E-state index in [4.69, 9.17) is 26.0 Å². The predicted octanol–water partition coefficient (Wildman–Crippen LogP) is 2.23. The molecule has 33 heavy (non-hydrogen) atoms. The van der Waals surface area contributed by atoms with E-state index >= 15 is 0 Å². The number of hydrogen-bond acceptors (Lipinski definition) is 9. The quantitative estimate of drug-likeness (QED) is 0.340. The lowest BCUT2D eigenvalue weighted by Gasteiger charge is -2.23. The molecule has 0 bridgehead atoms. The summed E-state index contributed by atoms with van der Waals surface area (Å²) in [6, 6.07) is 6.80. The van der Waals surface area contributed by atoms with Crippen molar-refractivity contribution in [2.24, 2.45) is 5.73 Å². The number of nitrogen functional groups attached to an aromatic ring is 1. The maximum atomic E-state index is 6.14. The summed E-state index contributed by atoms with van der Waals surface area (Å²) in [7, 11) is 1.69. The molecule has 10 nitrogen and oxygen atoms in total. The summed E-state index contributed by atoms with van der Waals surface area (Å²) < 4.78 is 12.9. The smallest absolute Gasteiger partial charge is 0.222 e. The van der Waals surface area contributed by atoms with Gasteiger partial charge in [-0.05, 0) is 30.9 Å². The van der Waals surface area contributed by atoms with E-state index in [1.54, 1.807) is 7.11 Å². The van der Waals surface area contributed by atoms with E-state index < -0.39 is 0 Å². The van der Waals surface area contributed by atoms with Crippen LogP contribution >= 0.6 is 0 Å². The summed E-state index contributed by atoms with van der Waals surface area (Å²) >= 11 is 0. The number of benzene rings is 1. The first-order chi connectivity index (χ1) is 16.1. The standard InChI is InChI=1S/C23H34N8O2/c1-3-4-20(24)28-22-21-18(27-23(25)29-22)14-31(30-21)13-16-6-5-15(11-19(16)32-2)12-26-17-7-9-33-10-8-17/h5-6,11,14,17,20,26H,3-4,7-10,12-13,24H2,1-2H3,(H3,25,27,28,29). The van der Waals surface area contributed by atoms with Crippen molar-refractivity contribution in [1.29, 1.82) is 0 Å². The molecule has 0 amide bonds. The average molecular weight is 455 g/mol. The molecule has 0 saturated carbocycles. The van der Waals surface area contributed by atoms with Crippen LogP contribution in [0.4, 0.5) is 11.8 Å². The Kier molecular flexibility index (Phi) is 7.58. The van der Waals surface area contributed by atoms with Gasteiger partial charge in [0.1, 0.15) is 11.3 Å². The van der Waals surface area contributed by atoms with Crippen molar-refractivity contribution in [3.63, 3.8) is 0 Å². The molecule has 0 radical (unpaired) electrons. The van der Waals surface area contributed by atoms with Gasteiger partial charge >= 0.3 is 0 Å². The third kappa shape index (κ3) is 5.89. The summed E-state index contributed by atoms with van der Waals surface area (Å²) in [5.41, 5.74) is 15.6. The fourth-order valence-corrected chi connectivity index (χ4v) is 4.09. The zero-order valence-electron chi connectivity index (χ0n) is 19.4. The minimum atomic E-state index is -0.222. The van der Waals surface area contributed by atoms with Gasteiger partial charge in [-0.2, -0.15) is 10.1 Å². The first kappa shape index (κ1) is 23.2. The zero-order valence-corrected chi connectivity index (χ0v) is 19.4. The molecule has 1 aliphatic heterocycles. The van der Waals surface area contributed by atoms with Gasteiger partial charge in [-0.15, -0.1) is 0 Å². The normalized spacial score (nSPS) is 15.6. The second-order valence-corrected chi connectivity index (χ2v) is 8.44. The summed E-state index contributed by atoms with van der Waals surface area (Å²) in [5.74, 6) is 1.57. The van der Waals surface area contributed by atoms with Crippen LogP contribution in [-0.2, 0) is 17.8 Å². The number of rotatable bonds is 10. The van der Waals surface area contributed by atoms with E-state index in [9.17, 15) is 0 Å². The average Bonchev–Trinajstić information content (AvgIpc) is 3.21. The predicted molar refractivity (Wildman–Crippen MR) is 129 cm³/mol. The minimum Gasteiger partial charge on any atom is -0.496 e. The topological polar surface area (TPSA) is 138 Å². The Hall–Kier alpha value is -2.95. The molecule has 1 aliphatic rings. The summed E-state index contributed by atoms with van der Waals surface area (Å²) in [4.78, 5) is 8.64. The molecule has 0 aliphatic carbocycles. The second kappa shape index (κ2) is 10.8. The third-order valence-electron chi connectivity index (χ3n) is 5.85. The monoisotopic (exact) mass is 454 g/mol. The molecular weight excluding hydrogens is 420 g/mol. The van der Waals surface area contributed by atoms with Crippen LogP contribution in [0.5, 0.6) is 5.75 Å². The fourth-order valence-electron chi connectivity index (χ4n) is 4.09. The van der Waals surface area contributed by atoms with E-state index in [0.717, 1.165) is 56.8 Å². The maximum Gasteiger partial charge on any atom is 0.222 e. The maximum absolute atomic E-state index is 6.14. The van der Waals surface area contributed by atoms with Crippen LogP contribution in [-0.4, -0.2) is 52.3 Å². The van der Waals surface area contributed by atoms with Crippen molar-refractivity contribution in [3.05, 3.63) is 35.5 Å². The van der Waals surface area contributed by atoms with Crippen molar-refractivity contribution in [1.82, 2.24) is 25.1 Å². The Labute approximate surface area is 194 Å². The number of fused-ring (bicyclic) bond motifs is 1. The Morgan fingerprint density at radius 1 is 1.27 bits per heavy atom. The van der Waals surface area contributed by atoms with Gasteiger partial charge in [0.05, 0.1) is 26.0 Å². The van der Waals surface area contributed by atoms with Crippen LogP contribution in [0, 0.1) is 0 Å². The van der Waals surface area contributed by atoms with E-state index in [1.807, 2.05) is 10.9 Å². The Morgan fingerprint density at radius 2 is 2.09 bits per heavy atom. The lowest BCUT2D eigenvalue weighted by molar-refractivity contribution is 0.0776. The molecule has 3 aromatic rings. The first-order valence-corrected chi connectivity index (χ1v) is 11.6. The largest absolute Gasteiger partial charge is 0.496 e. The number of hydrogen-bond donors (Lipinski definition) is 4. The number of aromatic nitrogens is 4. The zero-order chi connectivity index (χ0) is 23.2. The van der Waals surface area contributed by atoms with Gasteiger partial charge in [-0.3, -0.25) is 4.68 Å². The molecule has 10 heteroatoms. The lowest BCUT2D eigenvalue weighted by Crippen LogP contribution is -2.34.